The fourth-order valence-electron chi connectivity index (χ4n) is 2.28. The number of hydrogen-bond acceptors (Lipinski definition) is 5. The molecule has 0 aromatic carbocycles. The van der Waals surface area contributed by atoms with Crippen LogP contribution in [0, 0.1) is 5.92 Å². The molecule has 2 N–H and O–H groups in total. The lowest BCUT2D eigenvalue weighted by atomic mass is 10.3. The smallest absolute Gasteiger partial charge is 0.270 e. The maximum atomic E-state index is 12.0. The number of anilines is 1. The molecule has 2 aliphatic rings. The van der Waals surface area contributed by atoms with Crippen LogP contribution in [0.1, 0.15) is 29.8 Å². The Balaban J connectivity index is 1.73. The molecule has 1 amide bonds. The van der Waals surface area contributed by atoms with Crippen molar-refractivity contribution in [1.82, 2.24) is 15.3 Å². The first-order valence-corrected chi connectivity index (χ1v) is 7.25. The van der Waals surface area contributed by atoms with Crippen LogP contribution in [0.4, 0.5) is 5.82 Å². The highest BCUT2D eigenvalue weighted by molar-refractivity contribution is 6.28. The molecule has 0 spiro atoms. The molecule has 1 aliphatic heterocycles. The number of aromatic nitrogens is 2. The van der Waals surface area contributed by atoms with E-state index in [4.69, 9.17) is 11.6 Å². The Kier molecular flexibility index (Phi) is 3.76. The van der Waals surface area contributed by atoms with Gasteiger partial charge in [0, 0.05) is 25.7 Å². The monoisotopic (exact) mass is 296 g/mol. The lowest BCUT2D eigenvalue weighted by Gasteiger charge is -2.17. The number of β-amino-alcohol motifs (C(OH)–C–C–N with tert-alkyl or cyclic N) is 1. The quantitative estimate of drug-likeness (QED) is 0.805. The van der Waals surface area contributed by atoms with Crippen LogP contribution in [-0.4, -0.2) is 46.7 Å². The number of carbonyl (C=O) groups is 1. The average molecular weight is 297 g/mol. The SMILES string of the molecule is O=C(NCC1CC1)c1cc(N2CC[C@H](O)C2)nc(Cl)n1. The first-order chi connectivity index (χ1) is 9.61. The molecule has 20 heavy (non-hydrogen) atoms. The minimum atomic E-state index is -0.351. The second-order valence-electron chi connectivity index (χ2n) is 5.42. The molecule has 0 unspecified atom stereocenters. The Labute approximate surface area is 122 Å². The maximum absolute atomic E-state index is 12.0. The van der Waals surface area contributed by atoms with Gasteiger partial charge in [-0.1, -0.05) is 0 Å². The van der Waals surface area contributed by atoms with Gasteiger partial charge < -0.3 is 15.3 Å². The minimum Gasteiger partial charge on any atom is -0.391 e. The van der Waals surface area contributed by atoms with Crippen molar-refractivity contribution in [3.8, 4) is 0 Å². The van der Waals surface area contributed by atoms with Crippen LogP contribution in [0.2, 0.25) is 5.28 Å². The van der Waals surface area contributed by atoms with Crippen molar-refractivity contribution in [3.05, 3.63) is 17.0 Å². The number of rotatable bonds is 4. The normalized spacial score (nSPS) is 22.1. The number of carbonyl (C=O) groups excluding carboxylic acids is 1. The number of aliphatic hydroxyl groups is 1. The molecule has 1 atom stereocenters. The summed E-state index contributed by atoms with van der Waals surface area (Å²) < 4.78 is 0. The van der Waals surface area contributed by atoms with E-state index in [1.54, 1.807) is 6.07 Å². The molecule has 0 bridgehead atoms. The highest BCUT2D eigenvalue weighted by Crippen LogP contribution is 2.27. The van der Waals surface area contributed by atoms with E-state index >= 15 is 0 Å². The second kappa shape index (κ2) is 5.54. The maximum Gasteiger partial charge on any atom is 0.270 e. The van der Waals surface area contributed by atoms with Crippen molar-refractivity contribution < 1.29 is 9.90 Å². The molecule has 2 fully saturated rings. The highest BCUT2D eigenvalue weighted by Gasteiger charge is 2.25. The number of aliphatic hydroxyl groups excluding tert-OH is 1. The largest absolute Gasteiger partial charge is 0.391 e. The first-order valence-electron chi connectivity index (χ1n) is 6.87. The zero-order valence-corrected chi connectivity index (χ0v) is 11.8. The van der Waals surface area contributed by atoms with Crippen molar-refractivity contribution in [2.75, 3.05) is 24.5 Å². The van der Waals surface area contributed by atoms with Gasteiger partial charge in [0.1, 0.15) is 11.5 Å². The lowest BCUT2D eigenvalue weighted by Crippen LogP contribution is -2.28. The van der Waals surface area contributed by atoms with Gasteiger partial charge in [-0.15, -0.1) is 0 Å². The predicted octanol–water partition coefficient (Wildman–Crippen LogP) is 0.841. The number of nitrogens with one attached hydrogen (secondary N) is 1. The Morgan fingerprint density at radius 1 is 1.45 bits per heavy atom. The van der Waals surface area contributed by atoms with Crippen LogP contribution in [0.3, 0.4) is 0 Å². The lowest BCUT2D eigenvalue weighted by molar-refractivity contribution is 0.0946. The van der Waals surface area contributed by atoms with E-state index in [1.807, 2.05) is 4.90 Å². The van der Waals surface area contributed by atoms with Gasteiger partial charge in [-0.3, -0.25) is 4.79 Å². The molecule has 1 saturated heterocycles. The van der Waals surface area contributed by atoms with Crippen LogP contribution in [0.15, 0.2) is 6.07 Å². The Hall–Kier alpha value is -1.40. The van der Waals surface area contributed by atoms with Crippen LogP contribution in [0.25, 0.3) is 0 Å². The molecule has 6 nitrogen and oxygen atoms in total. The second-order valence-corrected chi connectivity index (χ2v) is 5.76. The van der Waals surface area contributed by atoms with Crippen molar-refractivity contribution in [3.63, 3.8) is 0 Å². The van der Waals surface area contributed by atoms with E-state index in [-0.39, 0.29) is 23.0 Å². The zero-order chi connectivity index (χ0) is 14.1. The van der Waals surface area contributed by atoms with E-state index in [2.05, 4.69) is 15.3 Å². The Bertz CT molecular complexity index is 521. The molecule has 1 aromatic rings. The van der Waals surface area contributed by atoms with Crippen LogP contribution in [0.5, 0.6) is 0 Å². The summed E-state index contributed by atoms with van der Waals surface area (Å²) in [6.07, 6.45) is 2.71. The van der Waals surface area contributed by atoms with E-state index < -0.39 is 0 Å². The summed E-state index contributed by atoms with van der Waals surface area (Å²) in [6, 6.07) is 1.63. The topological polar surface area (TPSA) is 78.4 Å². The molecule has 2 heterocycles. The van der Waals surface area contributed by atoms with Crippen LogP contribution >= 0.6 is 11.6 Å². The zero-order valence-electron chi connectivity index (χ0n) is 11.0. The Morgan fingerprint density at radius 2 is 2.25 bits per heavy atom. The van der Waals surface area contributed by atoms with Gasteiger partial charge in [-0.25, -0.2) is 9.97 Å². The van der Waals surface area contributed by atoms with Gasteiger partial charge in [-0.05, 0) is 36.8 Å². The molecule has 3 rings (SSSR count). The summed E-state index contributed by atoms with van der Waals surface area (Å²) in [4.78, 5) is 22.1. The molecule has 7 heteroatoms. The number of hydrogen-bond donors (Lipinski definition) is 2. The summed E-state index contributed by atoms with van der Waals surface area (Å²) in [5, 5.41) is 12.5. The van der Waals surface area contributed by atoms with Gasteiger partial charge in [0.15, 0.2) is 0 Å². The summed E-state index contributed by atoms with van der Waals surface area (Å²) in [5.74, 6) is 0.991. The number of nitrogens with zero attached hydrogens (tertiary/aromatic N) is 3. The Morgan fingerprint density at radius 3 is 2.90 bits per heavy atom. The third kappa shape index (κ3) is 3.19. The summed E-state index contributed by atoms with van der Waals surface area (Å²) in [6.45, 7) is 1.91. The molecule has 1 saturated carbocycles. The number of amides is 1. The fraction of sp³-hybridized carbons (Fsp3) is 0.615. The van der Waals surface area contributed by atoms with Gasteiger partial charge in [0.2, 0.25) is 5.28 Å². The first kappa shape index (κ1) is 13.6. The van der Waals surface area contributed by atoms with Crippen molar-refractivity contribution >= 4 is 23.3 Å². The molecule has 1 aromatic heterocycles. The fourth-order valence-corrected chi connectivity index (χ4v) is 2.46. The van der Waals surface area contributed by atoms with Crippen molar-refractivity contribution in [2.24, 2.45) is 5.92 Å². The number of halogens is 1. The van der Waals surface area contributed by atoms with E-state index in [0.717, 1.165) is 0 Å². The third-order valence-electron chi connectivity index (χ3n) is 3.65. The van der Waals surface area contributed by atoms with Gasteiger partial charge in [-0.2, -0.15) is 0 Å². The molecule has 1 aliphatic carbocycles. The van der Waals surface area contributed by atoms with Crippen LogP contribution < -0.4 is 10.2 Å². The predicted molar refractivity (Wildman–Crippen MR) is 74.9 cm³/mol. The minimum absolute atomic E-state index is 0.0560. The standard InChI is InChI=1S/C13H17ClN4O2/c14-13-16-10(12(20)15-6-8-1-2-8)5-11(17-13)18-4-3-9(19)7-18/h5,8-9,19H,1-4,6-7H2,(H,15,20)/t9-/m0/s1. The summed E-state index contributed by atoms with van der Waals surface area (Å²) in [5.41, 5.74) is 0.280. The average Bonchev–Trinajstić information content (AvgIpc) is 3.15. The summed E-state index contributed by atoms with van der Waals surface area (Å²) in [7, 11) is 0. The molecular formula is C13H17ClN4O2. The summed E-state index contributed by atoms with van der Waals surface area (Å²) >= 11 is 5.89. The molecule has 0 radical (unpaired) electrons. The molecule has 108 valence electrons. The van der Waals surface area contributed by atoms with Crippen molar-refractivity contribution in [2.45, 2.75) is 25.4 Å². The van der Waals surface area contributed by atoms with Gasteiger partial charge >= 0.3 is 0 Å². The highest BCUT2D eigenvalue weighted by atomic mass is 35.5. The van der Waals surface area contributed by atoms with Crippen molar-refractivity contribution in [1.29, 1.82) is 0 Å². The van der Waals surface area contributed by atoms with E-state index in [0.29, 0.717) is 37.8 Å². The third-order valence-corrected chi connectivity index (χ3v) is 3.82. The van der Waals surface area contributed by atoms with Crippen LogP contribution in [-0.2, 0) is 0 Å². The van der Waals surface area contributed by atoms with E-state index in [1.165, 1.54) is 12.8 Å². The van der Waals surface area contributed by atoms with E-state index in [9.17, 15) is 9.90 Å². The van der Waals surface area contributed by atoms with Gasteiger partial charge in [0.25, 0.3) is 5.91 Å². The van der Waals surface area contributed by atoms with Gasteiger partial charge in [0.05, 0.1) is 6.10 Å². The molecular weight excluding hydrogens is 280 g/mol.